The highest BCUT2D eigenvalue weighted by molar-refractivity contribution is 5.67. The molecule has 1 aromatic heterocycles. The lowest BCUT2D eigenvalue weighted by Crippen LogP contribution is -2.44. The third-order valence-corrected chi connectivity index (χ3v) is 3.31. The summed E-state index contributed by atoms with van der Waals surface area (Å²) in [7, 11) is 0. The molecule has 0 aromatic carbocycles. The van der Waals surface area contributed by atoms with E-state index in [2.05, 4.69) is 20.0 Å². The number of amides is 2. The summed E-state index contributed by atoms with van der Waals surface area (Å²) in [5.74, 6) is 0. The minimum atomic E-state index is -0.485. The summed E-state index contributed by atoms with van der Waals surface area (Å²) in [6.45, 7) is 13.7. The summed E-state index contributed by atoms with van der Waals surface area (Å²) in [5, 5.41) is 5.52. The normalized spacial score (nSPS) is 11.8. The Kier molecular flexibility index (Phi) is 8.59. The van der Waals surface area contributed by atoms with Gasteiger partial charge < -0.3 is 20.1 Å². The third-order valence-electron chi connectivity index (χ3n) is 3.31. The summed E-state index contributed by atoms with van der Waals surface area (Å²) in [5.41, 5.74) is -0.970. The molecule has 1 heterocycles. The number of aromatic nitrogens is 2. The lowest BCUT2D eigenvalue weighted by Gasteiger charge is -2.19. The fraction of sp³-hybridized carbons (Fsp3) is 0.737. The number of hydrogen-bond donors (Lipinski definition) is 2. The molecule has 0 spiro atoms. The Bertz CT molecular complexity index is 549. The van der Waals surface area contributed by atoms with E-state index >= 15 is 0 Å². The van der Waals surface area contributed by atoms with Crippen molar-refractivity contribution in [2.75, 3.05) is 13.1 Å². The Morgan fingerprint density at radius 1 is 0.926 bits per heavy atom. The fourth-order valence-electron chi connectivity index (χ4n) is 2.31. The van der Waals surface area contributed by atoms with Gasteiger partial charge in [0, 0.05) is 25.6 Å². The van der Waals surface area contributed by atoms with Crippen LogP contribution in [0.1, 0.15) is 54.4 Å². The first-order chi connectivity index (χ1) is 12.5. The molecule has 1 rings (SSSR count). The molecule has 8 heteroatoms. The smallest absolute Gasteiger partial charge is 0.407 e. The predicted molar refractivity (Wildman–Crippen MR) is 102 cm³/mol. The number of carbonyl (C=O) groups is 2. The molecule has 2 amide bonds. The van der Waals surface area contributed by atoms with E-state index in [1.165, 1.54) is 0 Å². The SMILES string of the molecule is CC(C)(C)OC(=O)NCCCn1ccc[n+]1CCCNC(=O)OC(C)(C)C. The number of aryl methyl sites for hydroxylation is 2. The van der Waals surface area contributed by atoms with Crippen molar-refractivity contribution in [3.63, 3.8) is 0 Å². The summed E-state index contributed by atoms with van der Waals surface area (Å²) in [4.78, 5) is 23.2. The second-order valence-corrected chi connectivity index (χ2v) is 8.38. The molecule has 0 fully saturated rings. The van der Waals surface area contributed by atoms with Crippen molar-refractivity contribution in [1.29, 1.82) is 0 Å². The Labute approximate surface area is 162 Å². The molecule has 0 bridgehead atoms. The van der Waals surface area contributed by atoms with Crippen LogP contribution in [0, 0.1) is 0 Å². The molecule has 0 saturated carbocycles. The molecule has 2 N–H and O–H groups in total. The number of nitrogens with zero attached hydrogens (tertiary/aromatic N) is 2. The largest absolute Gasteiger partial charge is 0.444 e. The maximum Gasteiger partial charge on any atom is 0.407 e. The van der Waals surface area contributed by atoms with Crippen molar-refractivity contribution in [3.8, 4) is 0 Å². The summed E-state index contributed by atoms with van der Waals surface area (Å²) in [6.07, 6.45) is 4.80. The minimum Gasteiger partial charge on any atom is -0.444 e. The quantitative estimate of drug-likeness (QED) is 0.534. The lowest BCUT2D eigenvalue weighted by molar-refractivity contribution is -0.775. The van der Waals surface area contributed by atoms with E-state index in [4.69, 9.17) is 9.47 Å². The molecule has 0 radical (unpaired) electrons. The highest BCUT2D eigenvalue weighted by Gasteiger charge is 2.17. The van der Waals surface area contributed by atoms with E-state index in [-0.39, 0.29) is 0 Å². The Balaban J connectivity index is 2.24. The van der Waals surface area contributed by atoms with Gasteiger partial charge in [0.15, 0.2) is 12.7 Å². The van der Waals surface area contributed by atoms with Gasteiger partial charge in [-0.25, -0.2) is 9.59 Å². The second-order valence-electron chi connectivity index (χ2n) is 8.38. The average molecular weight is 384 g/mol. The fourth-order valence-corrected chi connectivity index (χ4v) is 2.31. The molecule has 0 unspecified atom stereocenters. The number of nitrogens with one attached hydrogen (secondary N) is 2. The number of rotatable bonds is 8. The van der Waals surface area contributed by atoms with Gasteiger partial charge in [0.1, 0.15) is 11.2 Å². The van der Waals surface area contributed by atoms with Crippen LogP contribution in [0.25, 0.3) is 0 Å². The van der Waals surface area contributed by atoms with Crippen LogP contribution in [0.15, 0.2) is 18.5 Å². The molecule has 0 saturated heterocycles. The van der Waals surface area contributed by atoms with Gasteiger partial charge in [-0.3, -0.25) is 0 Å². The van der Waals surface area contributed by atoms with Crippen LogP contribution in [0.3, 0.4) is 0 Å². The maximum atomic E-state index is 11.6. The average Bonchev–Trinajstić information content (AvgIpc) is 2.92. The van der Waals surface area contributed by atoms with Crippen LogP contribution in [0.2, 0.25) is 0 Å². The third kappa shape index (κ3) is 11.1. The number of ether oxygens (including phenoxy) is 2. The van der Waals surface area contributed by atoms with Gasteiger partial charge >= 0.3 is 12.2 Å². The molecule has 154 valence electrons. The zero-order valence-electron chi connectivity index (χ0n) is 17.5. The van der Waals surface area contributed by atoms with Gasteiger partial charge in [0.25, 0.3) is 0 Å². The number of alkyl carbamates (subject to hydrolysis) is 2. The van der Waals surface area contributed by atoms with Crippen molar-refractivity contribution in [3.05, 3.63) is 18.5 Å². The number of hydrogen-bond acceptors (Lipinski definition) is 4. The van der Waals surface area contributed by atoms with Crippen LogP contribution in [0.5, 0.6) is 0 Å². The standard InChI is InChI=1S/C19H34N4O4/c1-18(2,3)26-16(24)20-10-7-12-22-14-9-15-23(22)13-8-11-21-17(25)27-19(4,5)6/h9,14-15H,7-8,10-13H2,1-6H3,(H-,20,21,24,25)/p+1. The molecular formula is C19H35N4O4+. The van der Waals surface area contributed by atoms with Crippen LogP contribution in [0.4, 0.5) is 9.59 Å². The molecule has 0 aliphatic rings. The first kappa shape index (κ1) is 22.8. The van der Waals surface area contributed by atoms with Gasteiger partial charge in [-0.05, 0) is 48.0 Å². The number of carbonyl (C=O) groups excluding carboxylic acids is 2. The zero-order valence-corrected chi connectivity index (χ0v) is 17.5. The summed E-state index contributed by atoms with van der Waals surface area (Å²) < 4.78 is 14.6. The van der Waals surface area contributed by atoms with Crippen molar-refractivity contribution in [1.82, 2.24) is 15.3 Å². The van der Waals surface area contributed by atoms with Crippen LogP contribution < -0.4 is 15.3 Å². The Morgan fingerprint density at radius 2 is 1.44 bits per heavy atom. The van der Waals surface area contributed by atoms with E-state index in [1.807, 2.05) is 60.0 Å². The van der Waals surface area contributed by atoms with E-state index in [0.29, 0.717) is 13.1 Å². The van der Waals surface area contributed by atoms with Crippen LogP contribution in [-0.2, 0) is 22.6 Å². The van der Waals surface area contributed by atoms with E-state index in [1.54, 1.807) is 0 Å². The highest BCUT2D eigenvalue weighted by Crippen LogP contribution is 2.07. The zero-order chi connectivity index (χ0) is 20.5. The van der Waals surface area contributed by atoms with Crippen molar-refractivity contribution in [2.24, 2.45) is 0 Å². The van der Waals surface area contributed by atoms with Gasteiger partial charge in [0.05, 0.1) is 12.7 Å². The van der Waals surface area contributed by atoms with Crippen molar-refractivity contribution < 1.29 is 23.7 Å². The van der Waals surface area contributed by atoms with E-state index in [9.17, 15) is 9.59 Å². The van der Waals surface area contributed by atoms with Gasteiger partial charge in [0.2, 0.25) is 0 Å². The molecule has 0 aliphatic heterocycles. The summed E-state index contributed by atoms with van der Waals surface area (Å²) >= 11 is 0. The highest BCUT2D eigenvalue weighted by atomic mass is 16.6. The van der Waals surface area contributed by atoms with E-state index in [0.717, 1.165) is 25.9 Å². The Hall–Kier alpha value is -2.25. The van der Waals surface area contributed by atoms with Crippen molar-refractivity contribution >= 4 is 12.2 Å². The molecule has 1 aromatic rings. The van der Waals surface area contributed by atoms with Crippen LogP contribution in [-0.4, -0.2) is 41.2 Å². The minimum absolute atomic E-state index is 0.393. The van der Waals surface area contributed by atoms with E-state index < -0.39 is 23.4 Å². The lowest BCUT2D eigenvalue weighted by atomic mass is 10.2. The van der Waals surface area contributed by atoms with Gasteiger partial charge in [-0.2, -0.15) is 4.68 Å². The molecule has 0 atom stereocenters. The topological polar surface area (TPSA) is 85.5 Å². The predicted octanol–water partition coefficient (Wildman–Crippen LogP) is 2.61. The Morgan fingerprint density at radius 3 is 1.96 bits per heavy atom. The van der Waals surface area contributed by atoms with Gasteiger partial charge in [-0.15, -0.1) is 4.68 Å². The van der Waals surface area contributed by atoms with Gasteiger partial charge in [-0.1, -0.05) is 0 Å². The maximum absolute atomic E-state index is 11.6. The first-order valence-corrected chi connectivity index (χ1v) is 9.45. The molecule has 8 nitrogen and oxygen atoms in total. The second kappa shape index (κ2) is 10.2. The first-order valence-electron chi connectivity index (χ1n) is 9.45. The monoisotopic (exact) mass is 383 g/mol. The molecule has 27 heavy (non-hydrogen) atoms. The molecular weight excluding hydrogens is 348 g/mol. The van der Waals surface area contributed by atoms with Crippen LogP contribution >= 0.6 is 0 Å². The molecule has 0 aliphatic carbocycles. The summed E-state index contributed by atoms with van der Waals surface area (Å²) in [6, 6.07) is 1.97. The van der Waals surface area contributed by atoms with Crippen molar-refractivity contribution in [2.45, 2.75) is 78.7 Å².